The minimum absolute atomic E-state index is 0.277. The van der Waals surface area contributed by atoms with E-state index < -0.39 is 11.7 Å². The van der Waals surface area contributed by atoms with Crippen molar-refractivity contribution in [2.75, 3.05) is 6.54 Å². The average Bonchev–Trinajstić information content (AvgIpc) is 2.23. The fourth-order valence-corrected chi connectivity index (χ4v) is 1.65. The zero-order valence-electron chi connectivity index (χ0n) is 10.9. The molecular formula is C13H19ClN2O2. The number of alkyl carbamates (subject to hydrolysis) is 1. The molecule has 1 atom stereocenters. The van der Waals surface area contributed by atoms with Crippen LogP contribution in [0.1, 0.15) is 32.4 Å². The van der Waals surface area contributed by atoms with Gasteiger partial charge in [-0.25, -0.2) is 4.79 Å². The molecule has 0 unspecified atom stereocenters. The van der Waals surface area contributed by atoms with Crippen LogP contribution in [-0.2, 0) is 4.74 Å². The van der Waals surface area contributed by atoms with E-state index in [-0.39, 0.29) is 12.6 Å². The summed E-state index contributed by atoms with van der Waals surface area (Å²) in [6.45, 7) is 5.70. The van der Waals surface area contributed by atoms with Gasteiger partial charge in [0.15, 0.2) is 0 Å². The largest absolute Gasteiger partial charge is 0.444 e. The molecule has 1 rings (SSSR count). The van der Waals surface area contributed by atoms with Crippen LogP contribution in [0.25, 0.3) is 0 Å². The molecule has 0 aliphatic carbocycles. The number of carbonyl (C=O) groups excluding carboxylic acids is 1. The van der Waals surface area contributed by atoms with Gasteiger partial charge in [0, 0.05) is 11.6 Å². The van der Waals surface area contributed by atoms with Crippen molar-refractivity contribution >= 4 is 17.7 Å². The van der Waals surface area contributed by atoms with Crippen LogP contribution >= 0.6 is 11.6 Å². The first kappa shape index (κ1) is 14.8. The van der Waals surface area contributed by atoms with Crippen molar-refractivity contribution in [1.82, 2.24) is 5.32 Å². The zero-order valence-corrected chi connectivity index (χ0v) is 11.6. The van der Waals surface area contributed by atoms with Crippen LogP contribution in [0, 0.1) is 0 Å². The molecule has 0 aliphatic rings. The van der Waals surface area contributed by atoms with E-state index in [2.05, 4.69) is 5.32 Å². The summed E-state index contributed by atoms with van der Waals surface area (Å²) in [4.78, 5) is 11.7. The van der Waals surface area contributed by atoms with E-state index in [4.69, 9.17) is 22.1 Å². The molecule has 5 heteroatoms. The average molecular weight is 271 g/mol. The molecule has 0 fully saturated rings. The van der Waals surface area contributed by atoms with Gasteiger partial charge in [-0.05, 0) is 38.5 Å². The summed E-state index contributed by atoms with van der Waals surface area (Å²) in [6, 6.07) is 6.92. The third kappa shape index (κ3) is 4.94. The van der Waals surface area contributed by atoms with E-state index in [1.807, 2.05) is 32.9 Å². The lowest BCUT2D eigenvalue weighted by Gasteiger charge is -2.23. The van der Waals surface area contributed by atoms with Crippen LogP contribution in [0.2, 0.25) is 5.02 Å². The lowest BCUT2D eigenvalue weighted by atomic mass is 10.1. The van der Waals surface area contributed by atoms with Crippen LogP contribution in [0.4, 0.5) is 4.79 Å². The van der Waals surface area contributed by atoms with E-state index in [1.165, 1.54) is 0 Å². The van der Waals surface area contributed by atoms with Gasteiger partial charge in [0.25, 0.3) is 0 Å². The first-order valence-electron chi connectivity index (χ1n) is 5.77. The number of amides is 1. The van der Waals surface area contributed by atoms with Crippen molar-refractivity contribution in [3.05, 3.63) is 34.9 Å². The van der Waals surface area contributed by atoms with Crippen LogP contribution in [0.3, 0.4) is 0 Å². The predicted octanol–water partition coefficient (Wildman–Crippen LogP) is 2.86. The molecule has 0 aromatic heterocycles. The standard InChI is InChI=1S/C13H19ClN2O2/c1-13(2,3)18-12(17)16-11(8-15)9-5-4-6-10(14)7-9/h4-7,11H,8,15H2,1-3H3,(H,16,17)/t11-/m1/s1. The monoisotopic (exact) mass is 270 g/mol. The van der Waals surface area contributed by atoms with Crippen molar-refractivity contribution in [2.24, 2.45) is 5.73 Å². The smallest absolute Gasteiger partial charge is 0.408 e. The maximum absolute atomic E-state index is 11.7. The highest BCUT2D eigenvalue weighted by Crippen LogP contribution is 2.17. The number of rotatable bonds is 3. The Kier molecular flexibility index (Phi) is 4.99. The fraction of sp³-hybridized carbons (Fsp3) is 0.462. The zero-order chi connectivity index (χ0) is 13.8. The molecule has 0 spiro atoms. The summed E-state index contributed by atoms with van der Waals surface area (Å²) in [5, 5.41) is 3.33. The highest BCUT2D eigenvalue weighted by Gasteiger charge is 2.19. The highest BCUT2D eigenvalue weighted by molar-refractivity contribution is 6.30. The van der Waals surface area contributed by atoms with E-state index in [0.29, 0.717) is 5.02 Å². The molecule has 4 nitrogen and oxygen atoms in total. The Bertz CT molecular complexity index is 416. The molecule has 0 aliphatic heterocycles. The highest BCUT2D eigenvalue weighted by atomic mass is 35.5. The van der Waals surface area contributed by atoms with Crippen molar-refractivity contribution in [1.29, 1.82) is 0 Å². The Labute approximate surface area is 112 Å². The second kappa shape index (κ2) is 6.07. The maximum atomic E-state index is 11.7. The summed E-state index contributed by atoms with van der Waals surface area (Å²) < 4.78 is 5.18. The van der Waals surface area contributed by atoms with Gasteiger partial charge in [-0.2, -0.15) is 0 Å². The Balaban J connectivity index is 2.71. The molecule has 100 valence electrons. The number of hydrogen-bond acceptors (Lipinski definition) is 3. The molecule has 0 saturated heterocycles. The molecule has 3 N–H and O–H groups in total. The van der Waals surface area contributed by atoms with Crippen molar-refractivity contribution < 1.29 is 9.53 Å². The molecular weight excluding hydrogens is 252 g/mol. The van der Waals surface area contributed by atoms with E-state index in [0.717, 1.165) is 5.56 Å². The number of nitrogens with two attached hydrogens (primary N) is 1. The second-order valence-corrected chi connectivity index (χ2v) is 5.43. The van der Waals surface area contributed by atoms with Gasteiger partial charge in [0.1, 0.15) is 5.60 Å². The third-order valence-corrected chi connectivity index (χ3v) is 2.41. The SMILES string of the molecule is CC(C)(C)OC(=O)N[C@H](CN)c1cccc(Cl)c1. The summed E-state index contributed by atoms with van der Waals surface area (Å²) in [7, 11) is 0. The number of nitrogens with one attached hydrogen (secondary N) is 1. The molecule has 1 amide bonds. The fourth-order valence-electron chi connectivity index (χ4n) is 1.45. The minimum atomic E-state index is -0.530. The summed E-state index contributed by atoms with van der Waals surface area (Å²) in [5.74, 6) is 0. The molecule has 0 bridgehead atoms. The summed E-state index contributed by atoms with van der Waals surface area (Å²) in [5.41, 5.74) is 5.98. The lowest BCUT2D eigenvalue weighted by Crippen LogP contribution is -2.37. The minimum Gasteiger partial charge on any atom is -0.444 e. The molecule has 0 saturated carbocycles. The van der Waals surface area contributed by atoms with E-state index in [1.54, 1.807) is 12.1 Å². The number of ether oxygens (including phenoxy) is 1. The van der Waals surface area contributed by atoms with Crippen molar-refractivity contribution in [3.63, 3.8) is 0 Å². The second-order valence-electron chi connectivity index (χ2n) is 4.99. The topological polar surface area (TPSA) is 64.3 Å². The lowest BCUT2D eigenvalue weighted by molar-refractivity contribution is 0.0505. The normalized spacial score (nSPS) is 12.9. The van der Waals surface area contributed by atoms with Gasteiger partial charge >= 0.3 is 6.09 Å². The quantitative estimate of drug-likeness (QED) is 0.888. The van der Waals surface area contributed by atoms with Crippen LogP contribution < -0.4 is 11.1 Å². The van der Waals surface area contributed by atoms with Crippen LogP contribution in [-0.4, -0.2) is 18.2 Å². The van der Waals surface area contributed by atoms with Gasteiger partial charge in [0.2, 0.25) is 0 Å². The van der Waals surface area contributed by atoms with Gasteiger partial charge < -0.3 is 15.8 Å². The molecule has 1 aromatic carbocycles. The number of carbonyl (C=O) groups is 1. The first-order chi connectivity index (χ1) is 8.31. The summed E-state index contributed by atoms with van der Waals surface area (Å²) >= 11 is 5.90. The van der Waals surface area contributed by atoms with Crippen LogP contribution in [0.5, 0.6) is 0 Å². The van der Waals surface area contributed by atoms with Gasteiger partial charge in [-0.15, -0.1) is 0 Å². The Hall–Kier alpha value is -1.26. The van der Waals surface area contributed by atoms with Gasteiger partial charge in [-0.1, -0.05) is 23.7 Å². The first-order valence-corrected chi connectivity index (χ1v) is 6.14. The Morgan fingerprint density at radius 3 is 2.67 bits per heavy atom. The maximum Gasteiger partial charge on any atom is 0.408 e. The van der Waals surface area contributed by atoms with Gasteiger partial charge in [0.05, 0.1) is 6.04 Å². The number of benzene rings is 1. The van der Waals surface area contributed by atoms with E-state index in [9.17, 15) is 4.79 Å². The molecule has 0 radical (unpaired) electrons. The number of hydrogen-bond donors (Lipinski definition) is 2. The van der Waals surface area contributed by atoms with Crippen LogP contribution in [0.15, 0.2) is 24.3 Å². The summed E-state index contributed by atoms with van der Waals surface area (Å²) in [6.07, 6.45) is -0.488. The predicted molar refractivity (Wildman–Crippen MR) is 72.6 cm³/mol. The Morgan fingerprint density at radius 1 is 1.50 bits per heavy atom. The number of halogens is 1. The van der Waals surface area contributed by atoms with Gasteiger partial charge in [-0.3, -0.25) is 0 Å². The molecule has 18 heavy (non-hydrogen) atoms. The molecule has 0 heterocycles. The van der Waals surface area contributed by atoms with Crippen molar-refractivity contribution in [2.45, 2.75) is 32.4 Å². The third-order valence-electron chi connectivity index (χ3n) is 2.18. The van der Waals surface area contributed by atoms with Crippen molar-refractivity contribution in [3.8, 4) is 0 Å². The van der Waals surface area contributed by atoms with E-state index >= 15 is 0 Å². The Morgan fingerprint density at radius 2 is 2.17 bits per heavy atom. The molecule has 1 aromatic rings.